The van der Waals surface area contributed by atoms with E-state index in [1.54, 1.807) is 24.3 Å². The van der Waals surface area contributed by atoms with Gasteiger partial charge in [-0.3, -0.25) is 5.32 Å². The van der Waals surface area contributed by atoms with E-state index in [0.717, 1.165) is 11.1 Å². The number of fused-ring (bicyclic) bond motifs is 3. The van der Waals surface area contributed by atoms with Crippen LogP contribution in [0.3, 0.4) is 0 Å². The molecule has 5 rings (SSSR count). The lowest BCUT2D eigenvalue weighted by Gasteiger charge is -2.24. The zero-order chi connectivity index (χ0) is 22.1. The molecule has 0 radical (unpaired) electrons. The number of anilines is 1. The second kappa shape index (κ2) is 8.13. The summed E-state index contributed by atoms with van der Waals surface area (Å²) in [5.74, 6) is -1.00. The number of hydrogen-bond donors (Lipinski definition) is 2. The number of benzene rings is 3. The van der Waals surface area contributed by atoms with Crippen molar-refractivity contribution in [2.45, 2.75) is 24.4 Å². The second-order valence-corrected chi connectivity index (χ2v) is 8.11. The number of ether oxygens (including phenoxy) is 2. The first-order valence-electron chi connectivity index (χ1n) is 10.7. The summed E-state index contributed by atoms with van der Waals surface area (Å²) in [5.41, 5.74) is 4.46. The van der Waals surface area contributed by atoms with E-state index >= 15 is 0 Å². The number of nitrogens with one attached hydrogen (secondary N) is 1. The van der Waals surface area contributed by atoms with Gasteiger partial charge >= 0.3 is 12.1 Å². The predicted molar refractivity (Wildman–Crippen MR) is 120 cm³/mol. The minimum atomic E-state index is -1.30. The Kier molecular flexibility index (Phi) is 5.15. The van der Waals surface area contributed by atoms with E-state index < -0.39 is 17.7 Å². The fraction of sp³-hybridized carbons (Fsp3) is 0.231. The van der Waals surface area contributed by atoms with Crippen LogP contribution in [0, 0.1) is 0 Å². The van der Waals surface area contributed by atoms with Gasteiger partial charge in [0.25, 0.3) is 0 Å². The molecule has 1 amide bonds. The average molecular weight is 429 g/mol. The quantitative estimate of drug-likeness (QED) is 0.587. The smallest absolute Gasteiger partial charge is 0.411 e. The second-order valence-electron chi connectivity index (χ2n) is 8.11. The minimum absolute atomic E-state index is 0.00883. The maximum Gasteiger partial charge on any atom is 0.411 e. The SMILES string of the molecule is O=C(Nc1ccc(C2(C(=O)O)CCCO2)cc1)OCC1c2ccccc2-c2ccccc21. The first-order chi connectivity index (χ1) is 15.6. The average Bonchev–Trinajstić information content (AvgIpc) is 3.43. The van der Waals surface area contributed by atoms with Crippen molar-refractivity contribution >= 4 is 17.7 Å². The minimum Gasteiger partial charge on any atom is -0.479 e. The molecular weight excluding hydrogens is 406 g/mol. The summed E-state index contributed by atoms with van der Waals surface area (Å²) in [6.45, 7) is 0.653. The maximum absolute atomic E-state index is 12.5. The Hall–Kier alpha value is -3.64. The number of rotatable bonds is 5. The number of carboxylic acid groups (broad SMARTS) is 1. The van der Waals surface area contributed by atoms with E-state index in [0.29, 0.717) is 30.7 Å². The fourth-order valence-electron chi connectivity index (χ4n) is 4.73. The van der Waals surface area contributed by atoms with E-state index in [1.807, 2.05) is 24.3 Å². The highest BCUT2D eigenvalue weighted by Crippen LogP contribution is 2.44. The Morgan fingerprint density at radius 1 is 0.969 bits per heavy atom. The Labute approximate surface area is 185 Å². The van der Waals surface area contributed by atoms with Gasteiger partial charge in [-0.25, -0.2) is 9.59 Å². The molecule has 1 aliphatic carbocycles. The van der Waals surface area contributed by atoms with E-state index in [-0.39, 0.29) is 12.5 Å². The zero-order valence-corrected chi connectivity index (χ0v) is 17.4. The molecule has 1 fully saturated rings. The molecule has 32 heavy (non-hydrogen) atoms. The van der Waals surface area contributed by atoms with Crippen LogP contribution >= 0.6 is 0 Å². The molecule has 6 heteroatoms. The number of carboxylic acids is 1. The van der Waals surface area contributed by atoms with Gasteiger partial charge in [0.05, 0.1) is 0 Å². The van der Waals surface area contributed by atoms with E-state index in [4.69, 9.17) is 9.47 Å². The molecule has 0 saturated carbocycles. The molecule has 1 aliphatic heterocycles. The zero-order valence-electron chi connectivity index (χ0n) is 17.4. The first-order valence-corrected chi connectivity index (χ1v) is 10.7. The van der Waals surface area contributed by atoms with Gasteiger partial charge in [-0.15, -0.1) is 0 Å². The van der Waals surface area contributed by atoms with Gasteiger partial charge < -0.3 is 14.6 Å². The highest BCUT2D eigenvalue weighted by atomic mass is 16.5. The van der Waals surface area contributed by atoms with Crippen LogP contribution in [0.25, 0.3) is 11.1 Å². The topological polar surface area (TPSA) is 84.9 Å². The molecule has 0 bridgehead atoms. The van der Waals surface area contributed by atoms with Gasteiger partial charge in [-0.1, -0.05) is 60.7 Å². The molecule has 0 aromatic heterocycles. The highest BCUT2D eigenvalue weighted by Gasteiger charge is 2.44. The number of hydrogen-bond acceptors (Lipinski definition) is 4. The third-order valence-electron chi connectivity index (χ3n) is 6.31. The Balaban J connectivity index is 1.26. The molecule has 2 aliphatic rings. The molecule has 162 valence electrons. The summed E-state index contributed by atoms with van der Waals surface area (Å²) >= 11 is 0. The number of amides is 1. The fourth-order valence-corrected chi connectivity index (χ4v) is 4.73. The van der Waals surface area contributed by atoms with Crippen LogP contribution in [0.4, 0.5) is 10.5 Å². The molecule has 1 heterocycles. The van der Waals surface area contributed by atoms with Gasteiger partial charge in [-0.2, -0.15) is 0 Å². The molecule has 1 unspecified atom stereocenters. The molecule has 0 spiro atoms. The summed E-state index contributed by atoms with van der Waals surface area (Å²) in [7, 11) is 0. The van der Waals surface area contributed by atoms with Crippen molar-refractivity contribution in [3.63, 3.8) is 0 Å². The largest absolute Gasteiger partial charge is 0.479 e. The van der Waals surface area contributed by atoms with Crippen molar-refractivity contribution < 1.29 is 24.2 Å². The van der Waals surface area contributed by atoms with Gasteiger partial charge in [0, 0.05) is 18.2 Å². The highest BCUT2D eigenvalue weighted by molar-refractivity contribution is 5.85. The molecule has 2 N–H and O–H groups in total. The Morgan fingerprint density at radius 2 is 1.59 bits per heavy atom. The van der Waals surface area contributed by atoms with Gasteiger partial charge in [0.15, 0.2) is 5.60 Å². The monoisotopic (exact) mass is 429 g/mol. The lowest BCUT2D eigenvalue weighted by molar-refractivity contribution is -0.161. The van der Waals surface area contributed by atoms with Crippen LogP contribution in [-0.4, -0.2) is 30.4 Å². The van der Waals surface area contributed by atoms with Crippen LogP contribution in [0.2, 0.25) is 0 Å². The van der Waals surface area contributed by atoms with Crippen molar-refractivity contribution in [2.24, 2.45) is 0 Å². The van der Waals surface area contributed by atoms with Crippen molar-refractivity contribution in [1.29, 1.82) is 0 Å². The van der Waals surface area contributed by atoms with Crippen molar-refractivity contribution in [1.82, 2.24) is 0 Å². The third kappa shape index (κ3) is 3.42. The molecule has 1 saturated heterocycles. The molecule has 3 aromatic rings. The normalized spacial score (nSPS) is 19.2. The number of carbonyl (C=O) groups excluding carboxylic acids is 1. The summed E-state index contributed by atoms with van der Waals surface area (Å²) < 4.78 is 11.1. The van der Waals surface area contributed by atoms with E-state index in [2.05, 4.69) is 29.6 Å². The van der Waals surface area contributed by atoms with Crippen molar-refractivity contribution in [3.8, 4) is 11.1 Å². The summed E-state index contributed by atoms with van der Waals surface area (Å²) in [6, 6.07) is 23.0. The number of carbonyl (C=O) groups is 2. The van der Waals surface area contributed by atoms with E-state index in [1.165, 1.54) is 11.1 Å². The Morgan fingerprint density at radius 3 is 2.16 bits per heavy atom. The first kappa shape index (κ1) is 20.3. The lowest BCUT2D eigenvalue weighted by Crippen LogP contribution is -2.34. The predicted octanol–water partition coefficient (Wildman–Crippen LogP) is 5.14. The lowest BCUT2D eigenvalue weighted by atomic mass is 9.91. The van der Waals surface area contributed by atoms with Crippen molar-refractivity contribution in [3.05, 3.63) is 89.5 Å². The molecule has 6 nitrogen and oxygen atoms in total. The third-order valence-corrected chi connectivity index (χ3v) is 6.31. The van der Waals surface area contributed by atoms with Crippen LogP contribution in [0.15, 0.2) is 72.8 Å². The van der Waals surface area contributed by atoms with Gasteiger partial charge in [0.1, 0.15) is 6.61 Å². The summed E-state index contributed by atoms with van der Waals surface area (Å²) in [4.78, 5) is 24.2. The van der Waals surface area contributed by atoms with Crippen LogP contribution < -0.4 is 5.32 Å². The molecule has 1 atom stereocenters. The van der Waals surface area contributed by atoms with Gasteiger partial charge in [-0.05, 0) is 52.8 Å². The van der Waals surface area contributed by atoms with Crippen molar-refractivity contribution in [2.75, 3.05) is 18.5 Å². The van der Waals surface area contributed by atoms with Crippen LogP contribution in [-0.2, 0) is 19.9 Å². The Bertz CT molecular complexity index is 1120. The summed E-state index contributed by atoms with van der Waals surface area (Å²) in [6.07, 6.45) is 0.581. The van der Waals surface area contributed by atoms with Gasteiger partial charge in [0.2, 0.25) is 0 Å². The molecule has 3 aromatic carbocycles. The standard InChI is InChI=1S/C26H23NO5/c28-24(29)26(14-5-15-32-26)17-10-12-18(13-11-17)27-25(30)31-16-23-21-8-3-1-6-19(21)20-7-2-4-9-22(20)23/h1-4,6-13,23H,5,14-16H2,(H,27,30)(H,28,29). The summed E-state index contributed by atoms with van der Waals surface area (Å²) in [5, 5.41) is 12.4. The van der Waals surface area contributed by atoms with Crippen LogP contribution in [0.1, 0.15) is 35.4 Å². The van der Waals surface area contributed by atoms with Crippen LogP contribution in [0.5, 0.6) is 0 Å². The molecular formula is C26H23NO5. The van der Waals surface area contributed by atoms with E-state index in [9.17, 15) is 14.7 Å². The maximum atomic E-state index is 12.5. The number of aliphatic carboxylic acids is 1.